The monoisotopic (exact) mass is 807 g/mol. The van der Waals surface area contributed by atoms with Crippen molar-refractivity contribution in [1.29, 1.82) is 0 Å². The molecule has 1 aliphatic heterocycles. The summed E-state index contributed by atoms with van der Waals surface area (Å²) in [5.74, 6) is -4.27. The van der Waals surface area contributed by atoms with Crippen LogP contribution in [0.2, 0.25) is 0 Å². The standard InChI is InChI=1S/C34H33BrF3N5O10/c1-5-17(2)39-32-40-25-15-42(29(47)20-8-11-24(35)23(13-20)34(36,37)38)18(3)12-22(25)30(48)43(32)21-9-6-19(7-10-21)28(46)41(4)33(51)53-16-52-27(45)14-26(44)31(49)50/h5-11,13,17-18,26,44H,1,12,14-16H2,2-4H3,(H,39,40)(H,49,50)/t17-,18+,26-/m0/s1. The number of alkyl halides is 3. The molecule has 19 heteroatoms. The fourth-order valence-electron chi connectivity index (χ4n) is 5.15. The lowest BCUT2D eigenvalue weighted by Gasteiger charge is -2.35. The molecule has 3 amide bonds. The molecule has 0 spiro atoms. The highest BCUT2D eigenvalue weighted by Crippen LogP contribution is 2.36. The molecular weight excluding hydrogens is 775 g/mol. The number of fused-ring (bicyclic) bond motifs is 1. The number of benzene rings is 2. The van der Waals surface area contributed by atoms with E-state index in [1.807, 2.05) is 0 Å². The number of rotatable bonds is 11. The van der Waals surface area contributed by atoms with Gasteiger partial charge in [-0.05, 0) is 62.7 Å². The van der Waals surface area contributed by atoms with Crippen LogP contribution in [-0.2, 0) is 38.2 Å². The number of hydrogen-bond acceptors (Lipinski definition) is 11. The van der Waals surface area contributed by atoms with Crippen molar-refractivity contribution in [1.82, 2.24) is 19.4 Å². The number of nitrogens with zero attached hydrogens (tertiary/aromatic N) is 4. The number of carbonyl (C=O) groups is 5. The van der Waals surface area contributed by atoms with Crippen LogP contribution in [0.1, 0.15) is 57.8 Å². The van der Waals surface area contributed by atoms with Crippen LogP contribution in [0.25, 0.3) is 5.69 Å². The fourth-order valence-corrected chi connectivity index (χ4v) is 5.62. The van der Waals surface area contributed by atoms with Gasteiger partial charge in [-0.3, -0.25) is 19.2 Å². The number of carboxylic acids is 1. The van der Waals surface area contributed by atoms with Crippen molar-refractivity contribution in [3.63, 3.8) is 0 Å². The topological polar surface area (TPSA) is 198 Å². The van der Waals surface area contributed by atoms with E-state index in [2.05, 4.69) is 37.5 Å². The summed E-state index contributed by atoms with van der Waals surface area (Å²) < 4.78 is 51.0. The molecular formula is C34H33BrF3N5O10. The van der Waals surface area contributed by atoms with E-state index >= 15 is 0 Å². The quantitative estimate of drug-likeness (QED) is 0.143. The Balaban J connectivity index is 1.57. The van der Waals surface area contributed by atoms with Crippen LogP contribution in [0.15, 0.2) is 64.4 Å². The number of anilines is 1. The third-order valence-corrected chi connectivity index (χ3v) is 8.79. The molecule has 0 saturated carbocycles. The normalized spacial score (nSPS) is 15.0. The van der Waals surface area contributed by atoms with Gasteiger partial charge < -0.3 is 29.9 Å². The van der Waals surface area contributed by atoms with Gasteiger partial charge in [0.05, 0.1) is 29.9 Å². The van der Waals surface area contributed by atoms with Gasteiger partial charge in [-0.15, -0.1) is 6.58 Å². The second-order valence-electron chi connectivity index (χ2n) is 11.9. The Hall–Kier alpha value is -5.56. The lowest BCUT2D eigenvalue weighted by molar-refractivity contribution is -0.160. The summed E-state index contributed by atoms with van der Waals surface area (Å²) in [7, 11) is 1.09. The van der Waals surface area contributed by atoms with Gasteiger partial charge in [-0.1, -0.05) is 22.0 Å². The highest BCUT2D eigenvalue weighted by atomic mass is 79.9. The molecule has 0 saturated heterocycles. The fraction of sp³-hybridized carbons (Fsp3) is 0.324. The second-order valence-corrected chi connectivity index (χ2v) is 12.7. The minimum Gasteiger partial charge on any atom is -0.479 e. The zero-order valence-corrected chi connectivity index (χ0v) is 29.9. The van der Waals surface area contributed by atoms with Crippen molar-refractivity contribution >= 4 is 51.7 Å². The maximum atomic E-state index is 14.1. The maximum Gasteiger partial charge on any atom is 0.419 e. The van der Waals surface area contributed by atoms with Gasteiger partial charge in [0.2, 0.25) is 12.7 Å². The SMILES string of the molecule is C=C[C@H](C)Nc1nc2c(c(=O)n1-c1ccc(C(=O)N(C)C(=O)OCOC(=O)C[C@H](O)C(=O)O)cc1)C[C@@H](C)N(C(=O)c1ccc(Br)c(C(F)(F)F)c1)C2. The van der Waals surface area contributed by atoms with E-state index in [-0.39, 0.29) is 51.5 Å². The molecule has 3 atom stereocenters. The predicted octanol–water partition coefficient (Wildman–Crippen LogP) is 4.13. The van der Waals surface area contributed by atoms with Crippen LogP contribution in [0.3, 0.4) is 0 Å². The molecule has 0 fully saturated rings. The van der Waals surface area contributed by atoms with Crippen LogP contribution in [0, 0.1) is 0 Å². The smallest absolute Gasteiger partial charge is 0.419 e. The van der Waals surface area contributed by atoms with Crippen LogP contribution in [0.4, 0.5) is 23.9 Å². The van der Waals surface area contributed by atoms with Crippen molar-refractivity contribution in [2.24, 2.45) is 0 Å². The average Bonchev–Trinajstić information content (AvgIpc) is 3.10. The zero-order chi connectivity index (χ0) is 39.4. The van der Waals surface area contributed by atoms with Gasteiger partial charge >= 0.3 is 24.2 Å². The predicted molar refractivity (Wildman–Crippen MR) is 183 cm³/mol. The molecule has 3 aromatic rings. The Morgan fingerprint density at radius 3 is 2.38 bits per heavy atom. The average molecular weight is 809 g/mol. The first-order valence-corrected chi connectivity index (χ1v) is 16.5. The minimum absolute atomic E-state index is 0.00730. The summed E-state index contributed by atoms with van der Waals surface area (Å²) in [6, 6.07) is 7.71. The lowest BCUT2D eigenvalue weighted by atomic mass is 9.98. The first-order valence-electron chi connectivity index (χ1n) is 15.7. The van der Waals surface area contributed by atoms with Gasteiger partial charge in [-0.2, -0.15) is 13.2 Å². The van der Waals surface area contributed by atoms with Crippen LogP contribution < -0.4 is 10.9 Å². The molecule has 0 aliphatic carbocycles. The number of ether oxygens (including phenoxy) is 2. The number of aliphatic hydroxyl groups is 1. The molecule has 1 aliphatic rings. The summed E-state index contributed by atoms with van der Waals surface area (Å²) >= 11 is 2.88. The molecule has 2 aromatic carbocycles. The van der Waals surface area contributed by atoms with Crippen molar-refractivity contribution < 1.29 is 56.8 Å². The van der Waals surface area contributed by atoms with Crippen molar-refractivity contribution in [2.75, 3.05) is 19.2 Å². The number of nitrogens with one attached hydrogen (secondary N) is 1. The number of imide groups is 1. The Bertz CT molecular complexity index is 2000. The first-order chi connectivity index (χ1) is 24.8. The van der Waals surface area contributed by atoms with Gasteiger partial charge in [0.25, 0.3) is 17.4 Å². The second kappa shape index (κ2) is 16.4. The lowest BCUT2D eigenvalue weighted by Crippen LogP contribution is -2.46. The molecule has 15 nitrogen and oxygen atoms in total. The molecule has 0 unspecified atom stereocenters. The van der Waals surface area contributed by atoms with Crippen molar-refractivity contribution in [2.45, 2.75) is 57.6 Å². The van der Waals surface area contributed by atoms with Crippen LogP contribution in [-0.4, -0.2) is 91.4 Å². The van der Waals surface area contributed by atoms with Gasteiger partial charge in [0, 0.05) is 40.3 Å². The number of aliphatic carboxylic acids is 1. The molecule has 53 heavy (non-hydrogen) atoms. The van der Waals surface area contributed by atoms with Crippen LogP contribution >= 0.6 is 15.9 Å². The highest BCUT2D eigenvalue weighted by molar-refractivity contribution is 9.10. The summed E-state index contributed by atoms with van der Waals surface area (Å²) in [6.45, 7) is 6.01. The summed E-state index contributed by atoms with van der Waals surface area (Å²) in [6.07, 6.45) is -7.23. The van der Waals surface area contributed by atoms with Crippen molar-refractivity contribution in [3.8, 4) is 5.69 Å². The number of carbonyl (C=O) groups excluding carboxylic acids is 4. The van der Waals surface area contributed by atoms with E-state index in [4.69, 9.17) is 9.84 Å². The number of aliphatic hydroxyl groups excluding tert-OH is 1. The van der Waals surface area contributed by atoms with Gasteiger partial charge in [-0.25, -0.2) is 24.0 Å². The third-order valence-electron chi connectivity index (χ3n) is 8.10. The van der Waals surface area contributed by atoms with E-state index in [9.17, 15) is 47.0 Å². The number of aromatic nitrogens is 2. The van der Waals surface area contributed by atoms with E-state index in [1.165, 1.54) is 39.8 Å². The van der Waals surface area contributed by atoms with E-state index < -0.39 is 78.5 Å². The number of carboxylic acid groups (broad SMARTS) is 1. The molecule has 2 heterocycles. The zero-order valence-electron chi connectivity index (χ0n) is 28.3. The number of halogens is 4. The molecule has 0 radical (unpaired) electrons. The van der Waals surface area contributed by atoms with E-state index in [0.717, 1.165) is 19.2 Å². The Morgan fingerprint density at radius 1 is 1.13 bits per heavy atom. The molecule has 0 bridgehead atoms. The third kappa shape index (κ3) is 9.28. The Kier molecular flexibility index (Phi) is 12.5. The summed E-state index contributed by atoms with van der Waals surface area (Å²) in [5, 5.41) is 20.9. The Morgan fingerprint density at radius 2 is 1.77 bits per heavy atom. The Labute approximate surface area is 307 Å². The molecule has 4 rings (SSSR count). The van der Waals surface area contributed by atoms with Crippen LogP contribution in [0.5, 0.6) is 0 Å². The number of amides is 3. The minimum atomic E-state index is -4.70. The van der Waals surface area contributed by atoms with E-state index in [1.54, 1.807) is 19.9 Å². The highest BCUT2D eigenvalue weighted by Gasteiger charge is 2.36. The maximum absolute atomic E-state index is 14.1. The number of hydrogen-bond donors (Lipinski definition) is 3. The number of esters is 1. The van der Waals surface area contributed by atoms with Gasteiger partial charge in [0.1, 0.15) is 0 Å². The summed E-state index contributed by atoms with van der Waals surface area (Å²) in [4.78, 5) is 81.7. The first kappa shape index (κ1) is 40.2. The van der Waals surface area contributed by atoms with Gasteiger partial charge in [0.15, 0.2) is 6.10 Å². The largest absolute Gasteiger partial charge is 0.479 e. The molecule has 1 aromatic heterocycles. The van der Waals surface area contributed by atoms with Crippen molar-refractivity contribution in [3.05, 3.63) is 97.9 Å². The van der Waals surface area contributed by atoms with E-state index in [0.29, 0.717) is 4.90 Å². The summed E-state index contributed by atoms with van der Waals surface area (Å²) in [5.41, 5.74) is -0.926. The molecule has 3 N–H and O–H groups in total. The molecule has 282 valence electrons.